The number of fused-ring (bicyclic) bond motifs is 1. The molecule has 3 nitrogen and oxygen atoms in total. The third-order valence-corrected chi connectivity index (χ3v) is 4.78. The maximum atomic E-state index is 11.6. The van der Waals surface area contributed by atoms with Gasteiger partial charge in [-0.25, -0.2) is 4.79 Å². The third kappa shape index (κ3) is 5.56. The molecule has 0 aromatic heterocycles. The molecule has 128 valence electrons. The Morgan fingerprint density at radius 3 is 2.78 bits per heavy atom. The van der Waals surface area contributed by atoms with Crippen LogP contribution in [0.3, 0.4) is 0 Å². The van der Waals surface area contributed by atoms with E-state index in [9.17, 15) is 4.79 Å². The molecule has 0 unspecified atom stereocenters. The number of hydrogen-bond acceptors (Lipinski definition) is 1. The fraction of sp³-hybridized carbons (Fsp3) is 0.650. The van der Waals surface area contributed by atoms with Crippen molar-refractivity contribution in [1.29, 1.82) is 0 Å². The number of amides is 2. The summed E-state index contributed by atoms with van der Waals surface area (Å²) >= 11 is 0. The average molecular weight is 316 g/mol. The van der Waals surface area contributed by atoms with E-state index in [1.54, 1.807) is 5.56 Å². The highest BCUT2D eigenvalue weighted by Crippen LogP contribution is 2.34. The average Bonchev–Trinajstić information content (AvgIpc) is 2.58. The van der Waals surface area contributed by atoms with E-state index in [4.69, 9.17) is 0 Å². The molecule has 2 amide bonds. The molecule has 0 bridgehead atoms. The highest BCUT2D eigenvalue weighted by atomic mass is 16.2. The predicted molar refractivity (Wildman–Crippen MR) is 97.0 cm³/mol. The van der Waals surface area contributed by atoms with Gasteiger partial charge in [0, 0.05) is 13.1 Å². The summed E-state index contributed by atoms with van der Waals surface area (Å²) in [6.45, 7) is 5.82. The SMILES string of the molecule is CCCCc1ccc2c(c1)[C@@H](CCNC(=O)NCCC)CCC2. The lowest BCUT2D eigenvalue weighted by Crippen LogP contribution is -2.36. The molecule has 0 fully saturated rings. The standard InChI is InChI=1S/C20H32N2O/c1-3-5-7-16-10-11-17-8-6-9-18(19(17)15-16)12-14-22-20(23)21-13-4-2/h10-11,15,18H,3-9,12-14H2,1-2H3,(H2,21,22,23)/t18-/m1/s1. The molecule has 1 aromatic carbocycles. The van der Waals surface area contributed by atoms with E-state index < -0.39 is 0 Å². The van der Waals surface area contributed by atoms with E-state index in [-0.39, 0.29) is 6.03 Å². The first-order valence-corrected chi connectivity index (χ1v) is 9.38. The van der Waals surface area contributed by atoms with Crippen molar-refractivity contribution in [2.45, 2.75) is 71.1 Å². The molecule has 1 atom stereocenters. The first kappa shape index (κ1) is 17.8. The molecule has 1 aliphatic carbocycles. The minimum Gasteiger partial charge on any atom is -0.338 e. The molecule has 3 heteroatoms. The van der Waals surface area contributed by atoms with Gasteiger partial charge in [0.05, 0.1) is 0 Å². The van der Waals surface area contributed by atoms with E-state index in [0.717, 1.165) is 25.9 Å². The fourth-order valence-electron chi connectivity index (χ4n) is 3.44. The van der Waals surface area contributed by atoms with Crippen molar-refractivity contribution in [1.82, 2.24) is 10.6 Å². The minimum absolute atomic E-state index is 0.0282. The first-order valence-electron chi connectivity index (χ1n) is 9.38. The van der Waals surface area contributed by atoms with Gasteiger partial charge in [-0.2, -0.15) is 0 Å². The summed E-state index contributed by atoms with van der Waals surface area (Å²) in [7, 11) is 0. The lowest BCUT2D eigenvalue weighted by Gasteiger charge is -2.26. The molecule has 0 spiro atoms. The molecular formula is C20H32N2O. The molecule has 2 N–H and O–H groups in total. The van der Waals surface area contributed by atoms with Crippen molar-refractivity contribution in [3.05, 3.63) is 34.9 Å². The summed E-state index contributed by atoms with van der Waals surface area (Å²) in [5.74, 6) is 0.604. The Morgan fingerprint density at radius 1 is 1.17 bits per heavy atom. The summed E-state index contributed by atoms with van der Waals surface area (Å²) < 4.78 is 0. The minimum atomic E-state index is -0.0282. The Bertz CT molecular complexity index is 498. The first-order chi connectivity index (χ1) is 11.2. The number of carbonyl (C=O) groups is 1. The monoisotopic (exact) mass is 316 g/mol. The molecule has 0 heterocycles. The number of nitrogens with one attached hydrogen (secondary N) is 2. The van der Waals surface area contributed by atoms with Gasteiger partial charge in [-0.1, -0.05) is 38.5 Å². The van der Waals surface area contributed by atoms with Gasteiger partial charge in [0.1, 0.15) is 0 Å². The highest BCUT2D eigenvalue weighted by Gasteiger charge is 2.20. The van der Waals surface area contributed by atoms with Crippen LogP contribution in [-0.2, 0) is 12.8 Å². The second kappa shape index (κ2) is 9.59. The molecular weight excluding hydrogens is 284 g/mol. The van der Waals surface area contributed by atoms with Crippen LogP contribution in [0.4, 0.5) is 4.79 Å². The van der Waals surface area contributed by atoms with Gasteiger partial charge in [-0.05, 0) is 67.6 Å². The van der Waals surface area contributed by atoms with Crippen molar-refractivity contribution in [2.24, 2.45) is 0 Å². The maximum Gasteiger partial charge on any atom is 0.314 e. The van der Waals surface area contributed by atoms with E-state index >= 15 is 0 Å². The smallest absolute Gasteiger partial charge is 0.314 e. The molecule has 2 rings (SSSR count). The lowest BCUT2D eigenvalue weighted by atomic mass is 9.80. The molecule has 1 aliphatic rings. The van der Waals surface area contributed by atoms with Crippen LogP contribution >= 0.6 is 0 Å². The van der Waals surface area contributed by atoms with Crippen LogP contribution in [-0.4, -0.2) is 19.1 Å². The Hall–Kier alpha value is -1.51. The van der Waals surface area contributed by atoms with Crippen molar-refractivity contribution < 1.29 is 4.79 Å². The van der Waals surface area contributed by atoms with Gasteiger partial charge >= 0.3 is 6.03 Å². The largest absolute Gasteiger partial charge is 0.338 e. The van der Waals surface area contributed by atoms with Crippen LogP contribution in [0.25, 0.3) is 0 Å². The van der Waals surface area contributed by atoms with Crippen LogP contribution < -0.4 is 10.6 Å². The zero-order valence-electron chi connectivity index (χ0n) is 14.8. The number of hydrogen-bond donors (Lipinski definition) is 2. The van der Waals surface area contributed by atoms with Crippen molar-refractivity contribution >= 4 is 6.03 Å². The van der Waals surface area contributed by atoms with Gasteiger partial charge in [-0.3, -0.25) is 0 Å². The number of unbranched alkanes of at least 4 members (excludes halogenated alkanes) is 1. The van der Waals surface area contributed by atoms with Gasteiger partial charge in [-0.15, -0.1) is 0 Å². The van der Waals surface area contributed by atoms with Crippen molar-refractivity contribution in [2.75, 3.05) is 13.1 Å². The number of carbonyl (C=O) groups excluding carboxylic acids is 1. The Labute approximate surface area is 141 Å². The molecule has 0 saturated carbocycles. The third-order valence-electron chi connectivity index (χ3n) is 4.78. The van der Waals surface area contributed by atoms with E-state index in [0.29, 0.717) is 5.92 Å². The van der Waals surface area contributed by atoms with Crippen LogP contribution in [0.5, 0.6) is 0 Å². The summed E-state index contributed by atoms with van der Waals surface area (Å²) in [4.78, 5) is 11.6. The van der Waals surface area contributed by atoms with Crippen LogP contribution in [0.15, 0.2) is 18.2 Å². The number of urea groups is 1. The Kier molecular flexibility index (Phi) is 7.44. The molecule has 0 aliphatic heterocycles. The Balaban J connectivity index is 1.90. The number of benzene rings is 1. The van der Waals surface area contributed by atoms with Gasteiger partial charge < -0.3 is 10.6 Å². The zero-order valence-corrected chi connectivity index (χ0v) is 14.8. The molecule has 1 aromatic rings. The van der Waals surface area contributed by atoms with E-state index in [1.807, 2.05) is 0 Å². The number of aryl methyl sites for hydroxylation is 2. The molecule has 0 saturated heterocycles. The van der Waals surface area contributed by atoms with Gasteiger partial charge in [0.2, 0.25) is 0 Å². The summed E-state index contributed by atoms with van der Waals surface area (Å²) in [6.07, 6.45) is 9.46. The fourth-order valence-corrected chi connectivity index (χ4v) is 3.44. The van der Waals surface area contributed by atoms with Crippen molar-refractivity contribution in [3.8, 4) is 0 Å². The normalized spacial score (nSPS) is 16.7. The van der Waals surface area contributed by atoms with Crippen LogP contribution in [0.2, 0.25) is 0 Å². The second-order valence-electron chi connectivity index (χ2n) is 6.70. The number of rotatable bonds is 8. The predicted octanol–water partition coefficient (Wildman–Crippen LogP) is 4.55. The van der Waals surface area contributed by atoms with Gasteiger partial charge in [0.25, 0.3) is 0 Å². The van der Waals surface area contributed by atoms with Crippen molar-refractivity contribution in [3.63, 3.8) is 0 Å². The van der Waals surface area contributed by atoms with E-state index in [2.05, 4.69) is 42.7 Å². The summed E-state index contributed by atoms with van der Waals surface area (Å²) in [6, 6.07) is 7.06. The van der Waals surface area contributed by atoms with Crippen LogP contribution in [0.1, 0.15) is 75.0 Å². The maximum absolute atomic E-state index is 11.6. The van der Waals surface area contributed by atoms with Crippen LogP contribution in [0, 0.1) is 0 Å². The summed E-state index contributed by atoms with van der Waals surface area (Å²) in [5, 5.41) is 5.87. The summed E-state index contributed by atoms with van der Waals surface area (Å²) in [5.41, 5.74) is 4.55. The van der Waals surface area contributed by atoms with Gasteiger partial charge in [0.15, 0.2) is 0 Å². The quantitative estimate of drug-likeness (QED) is 0.726. The highest BCUT2D eigenvalue weighted by molar-refractivity contribution is 5.73. The molecule has 0 radical (unpaired) electrons. The Morgan fingerprint density at radius 2 is 2.00 bits per heavy atom. The topological polar surface area (TPSA) is 41.1 Å². The lowest BCUT2D eigenvalue weighted by molar-refractivity contribution is 0.240. The molecule has 23 heavy (non-hydrogen) atoms. The zero-order chi connectivity index (χ0) is 16.5. The van der Waals surface area contributed by atoms with E-state index in [1.165, 1.54) is 49.7 Å². The second-order valence-corrected chi connectivity index (χ2v) is 6.70.